The van der Waals surface area contributed by atoms with Crippen LogP contribution < -0.4 is 0 Å². The van der Waals surface area contributed by atoms with Gasteiger partial charge in [0.25, 0.3) is 5.69 Å². The summed E-state index contributed by atoms with van der Waals surface area (Å²) in [5, 5.41) is 17.5. The molecule has 1 aliphatic heterocycles. The third-order valence-electron chi connectivity index (χ3n) is 5.91. The van der Waals surface area contributed by atoms with E-state index in [-0.39, 0.29) is 10.6 Å². The Bertz CT molecular complexity index is 1070. The predicted octanol–water partition coefficient (Wildman–Crippen LogP) is 4.32. The van der Waals surface area contributed by atoms with Crippen molar-refractivity contribution in [2.45, 2.75) is 6.04 Å². The molecule has 0 amide bonds. The Morgan fingerprint density at radius 2 is 1.50 bits per heavy atom. The molecule has 0 unspecified atom stereocenters. The molecule has 3 aromatic rings. The molecule has 0 aromatic heterocycles. The highest BCUT2D eigenvalue weighted by atomic mass is 16.6. The Kier molecular flexibility index (Phi) is 4.77. The molecule has 0 spiro atoms. The number of fused-ring (bicyclic) bond motifs is 3. The Morgan fingerprint density at radius 1 is 0.867 bits per heavy atom. The van der Waals surface area contributed by atoms with Crippen molar-refractivity contribution in [3.8, 4) is 11.1 Å². The molecule has 1 aliphatic carbocycles. The number of benzene rings is 3. The first-order chi connectivity index (χ1) is 14.7. The van der Waals surface area contributed by atoms with Crippen LogP contribution in [0.1, 0.15) is 22.7 Å². The topological polar surface area (TPSA) is 62.0 Å². The van der Waals surface area contributed by atoms with Gasteiger partial charge in [0, 0.05) is 43.9 Å². The Labute approximate surface area is 175 Å². The first-order valence-electron chi connectivity index (χ1n) is 10.2. The van der Waals surface area contributed by atoms with Crippen LogP contribution in [0.15, 0.2) is 77.9 Å². The smallest absolute Gasteiger partial charge is 0.270 e. The summed E-state index contributed by atoms with van der Waals surface area (Å²) in [5.74, 6) is 0. The second-order valence-corrected chi connectivity index (χ2v) is 7.66. The van der Waals surface area contributed by atoms with Gasteiger partial charge in [-0.1, -0.05) is 60.7 Å². The number of nitro groups is 1. The summed E-state index contributed by atoms with van der Waals surface area (Å²) >= 11 is 0. The quantitative estimate of drug-likeness (QED) is 0.373. The van der Waals surface area contributed by atoms with Gasteiger partial charge in [0.05, 0.1) is 17.2 Å². The third-order valence-corrected chi connectivity index (χ3v) is 5.91. The Balaban J connectivity index is 1.30. The van der Waals surface area contributed by atoms with E-state index in [9.17, 15) is 10.1 Å². The predicted molar refractivity (Wildman–Crippen MR) is 118 cm³/mol. The van der Waals surface area contributed by atoms with Crippen molar-refractivity contribution in [3.05, 3.63) is 99.6 Å². The molecule has 2 aliphatic rings. The van der Waals surface area contributed by atoms with Crippen LogP contribution in [0.25, 0.3) is 11.1 Å². The van der Waals surface area contributed by atoms with Gasteiger partial charge in [-0.15, -0.1) is 0 Å². The maximum absolute atomic E-state index is 10.9. The van der Waals surface area contributed by atoms with Crippen molar-refractivity contribution in [3.63, 3.8) is 0 Å². The number of nitrogens with zero attached hydrogens (tertiary/aromatic N) is 4. The van der Waals surface area contributed by atoms with E-state index in [0.717, 1.165) is 31.7 Å². The molecule has 1 heterocycles. The van der Waals surface area contributed by atoms with Gasteiger partial charge in [0.2, 0.25) is 0 Å². The second-order valence-electron chi connectivity index (χ2n) is 7.66. The van der Waals surface area contributed by atoms with Gasteiger partial charge in [-0.3, -0.25) is 20.0 Å². The lowest BCUT2D eigenvalue weighted by atomic mass is 10.0. The molecule has 5 rings (SSSR count). The lowest BCUT2D eigenvalue weighted by Crippen LogP contribution is -2.45. The van der Waals surface area contributed by atoms with Crippen molar-refractivity contribution < 1.29 is 4.92 Å². The molecule has 0 bridgehead atoms. The van der Waals surface area contributed by atoms with Gasteiger partial charge < -0.3 is 0 Å². The molecular formula is C24H22N4O2. The zero-order chi connectivity index (χ0) is 20.5. The minimum atomic E-state index is -0.382. The van der Waals surface area contributed by atoms with E-state index in [1.54, 1.807) is 18.3 Å². The molecule has 6 heteroatoms. The number of hydrazone groups is 1. The zero-order valence-corrected chi connectivity index (χ0v) is 16.5. The highest BCUT2D eigenvalue weighted by Gasteiger charge is 2.33. The lowest BCUT2D eigenvalue weighted by molar-refractivity contribution is -0.384. The van der Waals surface area contributed by atoms with Gasteiger partial charge in [-0.05, 0) is 22.3 Å². The van der Waals surface area contributed by atoms with E-state index in [4.69, 9.17) is 0 Å². The number of non-ortho nitro benzene ring substituents is 1. The largest absolute Gasteiger partial charge is 0.294 e. The summed E-state index contributed by atoms with van der Waals surface area (Å²) in [7, 11) is 0. The number of hydrogen-bond donors (Lipinski definition) is 0. The normalized spacial score (nSPS) is 16.6. The molecule has 30 heavy (non-hydrogen) atoms. The van der Waals surface area contributed by atoms with E-state index in [2.05, 4.69) is 58.5 Å². The van der Waals surface area contributed by atoms with E-state index >= 15 is 0 Å². The van der Waals surface area contributed by atoms with Crippen molar-refractivity contribution in [1.29, 1.82) is 0 Å². The van der Waals surface area contributed by atoms with Crippen molar-refractivity contribution in [2.24, 2.45) is 5.10 Å². The van der Waals surface area contributed by atoms with E-state index < -0.39 is 0 Å². The van der Waals surface area contributed by atoms with Crippen LogP contribution in [0.2, 0.25) is 0 Å². The summed E-state index contributed by atoms with van der Waals surface area (Å²) in [6.45, 7) is 3.48. The number of nitro benzene ring substituents is 1. The molecule has 1 saturated heterocycles. The average molecular weight is 398 g/mol. The lowest BCUT2D eigenvalue weighted by Gasteiger charge is -2.37. The minimum absolute atomic E-state index is 0.0855. The van der Waals surface area contributed by atoms with Crippen LogP contribution in [-0.4, -0.2) is 47.2 Å². The first kappa shape index (κ1) is 18.5. The van der Waals surface area contributed by atoms with Gasteiger partial charge in [-0.2, -0.15) is 5.10 Å². The molecule has 3 aromatic carbocycles. The number of piperazine rings is 1. The van der Waals surface area contributed by atoms with Gasteiger partial charge in [-0.25, -0.2) is 0 Å². The average Bonchev–Trinajstić information content (AvgIpc) is 3.13. The highest BCUT2D eigenvalue weighted by molar-refractivity contribution is 5.80. The van der Waals surface area contributed by atoms with Crippen molar-refractivity contribution in [1.82, 2.24) is 9.91 Å². The van der Waals surface area contributed by atoms with Crippen LogP contribution in [-0.2, 0) is 0 Å². The van der Waals surface area contributed by atoms with Crippen molar-refractivity contribution in [2.75, 3.05) is 26.2 Å². The molecule has 6 nitrogen and oxygen atoms in total. The van der Waals surface area contributed by atoms with E-state index in [0.29, 0.717) is 6.04 Å². The summed E-state index contributed by atoms with van der Waals surface area (Å²) in [6.07, 6.45) is 1.71. The highest BCUT2D eigenvalue weighted by Crippen LogP contribution is 2.46. The van der Waals surface area contributed by atoms with E-state index in [1.165, 1.54) is 28.3 Å². The summed E-state index contributed by atoms with van der Waals surface area (Å²) in [5.41, 5.74) is 6.26. The number of hydrogen-bond acceptors (Lipinski definition) is 5. The van der Waals surface area contributed by atoms with Crippen LogP contribution in [0.4, 0.5) is 5.69 Å². The molecule has 0 saturated carbocycles. The van der Waals surface area contributed by atoms with Crippen molar-refractivity contribution >= 4 is 11.9 Å². The third kappa shape index (κ3) is 3.35. The van der Waals surface area contributed by atoms with Crippen LogP contribution in [0, 0.1) is 10.1 Å². The molecule has 0 N–H and O–H groups in total. The van der Waals surface area contributed by atoms with Crippen LogP contribution >= 0.6 is 0 Å². The molecular weight excluding hydrogens is 376 g/mol. The number of rotatable bonds is 4. The molecule has 1 fully saturated rings. The fourth-order valence-corrected chi connectivity index (χ4v) is 4.47. The Hall–Kier alpha value is -3.51. The molecule has 0 atom stereocenters. The summed E-state index contributed by atoms with van der Waals surface area (Å²) in [4.78, 5) is 13.1. The summed E-state index contributed by atoms with van der Waals surface area (Å²) < 4.78 is 0. The summed E-state index contributed by atoms with van der Waals surface area (Å²) in [6, 6.07) is 24.2. The maximum Gasteiger partial charge on any atom is 0.270 e. The first-order valence-corrected chi connectivity index (χ1v) is 10.2. The fourth-order valence-electron chi connectivity index (χ4n) is 4.47. The van der Waals surface area contributed by atoms with E-state index in [1.807, 2.05) is 11.1 Å². The monoisotopic (exact) mass is 398 g/mol. The zero-order valence-electron chi connectivity index (χ0n) is 16.5. The standard InChI is InChI=1S/C24H22N4O2/c29-28(30)19-7-5-6-18(16-19)17-25-27-14-12-26(13-15-27)24-22-10-3-1-8-20(22)21-9-2-4-11-23(21)24/h1-11,16-17,24H,12-15H2/b25-17+. The van der Waals surface area contributed by atoms with Gasteiger partial charge >= 0.3 is 0 Å². The Morgan fingerprint density at radius 3 is 2.13 bits per heavy atom. The van der Waals surface area contributed by atoms with Gasteiger partial charge in [0.15, 0.2) is 0 Å². The minimum Gasteiger partial charge on any atom is -0.294 e. The van der Waals surface area contributed by atoms with Crippen LogP contribution in [0.5, 0.6) is 0 Å². The molecule has 0 radical (unpaired) electrons. The maximum atomic E-state index is 10.9. The van der Waals surface area contributed by atoms with Crippen LogP contribution in [0.3, 0.4) is 0 Å². The molecule has 150 valence electrons. The fraction of sp³-hybridized carbons (Fsp3) is 0.208. The van der Waals surface area contributed by atoms with Gasteiger partial charge in [0.1, 0.15) is 0 Å². The second kappa shape index (κ2) is 7.72. The SMILES string of the molecule is O=[N+]([O-])c1cccc(/C=N/N2CCN(C3c4ccccc4-c4ccccc43)CC2)c1.